The van der Waals surface area contributed by atoms with Crippen LogP contribution in [0.25, 0.3) is 0 Å². The summed E-state index contributed by atoms with van der Waals surface area (Å²) >= 11 is 5.87. The molecule has 0 saturated heterocycles. The third kappa shape index (κ3) is 2.59. The molecule has 0 fully saturated rings. The van der Waals surface area contributed by atoms with Crippen LogP contribution in [0, 0.1) is 12.1 Å². The Hall–Kier alpha value is -1.29. The highest BCUT2D eigenvalue weighted by Gasteiger charge is 2.06. The molecule has 1 rings (SSSR count). The fraction of sp³-hybridized carbons (Fsp3) is 0.250. The summed E-state index contributed by atoms with van der Waals surface area (Å²) < 4.78 is 0. The summed E-state index contributed by atoms with van der Waals surface area (Å²) in [5.74, 6) is 0. The number of benzene rings is 1. The molecule has 0 saturated carbocycles. The van der Waals surface area contributed by atoms with Gasteiger partial charge in [-0.2, -0.15) is 4.86 Å². The van der Waals surface area contributed by atoms with Gasteiger partial charge in [-0.15, -0.1) is 5.43 Å². The van der Waals surface area contributed by atoms with Gasteiger partial charge in [-0.25, -0.2) is 0 Å². The molecule has 0 amide bonds. The third-order valence-corrected chi connectivity index (χ3v) is 1.84. The van der Waals surface area contributed by atoms with Crippen LogP contribution >= 0.6 is 11.6 Å². The van der Waals surface area contributed by atoms with Gasteiger partial charge >= 0.3 is 0 Å². The molecule has 0 aliphatic carbocycles. The van der Waals surface area contributed by atoms with Crippen LogP contribution in [-0.4, -0.2) is 11.9 Å². The summed E-state index contributed by atoms with van der Waals surface area (Å²) in [6.07, 6.45) is 0. The maximum atomic E-state index is 10.5. The molecule has 4 nitrogen and oxygen atoms in total. The Labute approximate surface area is 81.4 Å². The molecule has 0 unspecified atom stereocenters. The Morgan fingerprint density at radius 1 is 1.54 bits per heavy atom. The fourth-order valence-electron chi connectivity index (χ4n) is 0.894. The molecule has 0 atom stereocenters. The average molecular weight is 200 g/mol. The lowest BCUT2D eigenvalue weighted by molar-refractivity contribution is -0.497. The molecule has 0 aromatic heterocycles. The van der Waals surface area contributed by atoms with E-state index in [1.54, 1.807) is 6.07 Å². The summed E-state index contributed by atoms with van der Waals surface area (Å²) in [6, 6.07) is 5.45. The first-order valence-corrected chi connectivity index (χ1v) is 4.11. The zero-order valence-corrected chi connectivity index (χ0v) is 8.17. The number of anilines is 1. The number of para-hydroxylation sites is 1. The number of rotatable bonds is 2. The molecular formula is C8H10ClN3O. The van der Waals surface area contributed by atoms with Crippen molar-refractivity contribution in [3.63, 3.8) is 0 Å². The zero-order chi connectivity index (χ0) is 9.84. The molecule has 1 aromatic carbocycles. The van der Waals surface area contributed by atoms with Crippen molar-refractivity contribution in [2.45, 2.75) is 6.92 Å². The first kappa shape index (κ1) is 9.80. The number of hydrogen-bond acceptors (Lipinski definition) is 2. The summed E-state index contributed by atoms with van der Waals surface area (Å²) in [5.41, 5.74) is 4.19. The third-order valence-electron chi connectivity index (χ3n) is 1.52. The van der Waals surface area contributed by atoms with Crippen molar-refractivity contribution in [1.82, 2.24) is 0 Å². The minimum Gasteiger partial charge on any atom is -0.696 e. The summed E-state index contributed by atoms with van der Waals surface area (Å²) in [5, 5.41) is 14.5. The second kappa shape index (κ2) is 4.09. The van der Waals surface area contributed by atoms with Crippen LogP contribution in [0.5, 0.6) is 0 Å². The van der Waals surface area contributed by atoms with E-state index in [1.807, 2.05) is 19.1 Å². The minimum absolute atomic E-state index is 0.433. The Kier molecular flexibility index (Phi) is 3.08. The molecule has 0 bridgehead atoms. The number of nitrogens with zero attached hydrogens (tertiary/aromatic N) is 2. The Bertz CT molecular complexity index is 314. The molecule has 13 heavy (non-hydrogen) atoms. The van der Waals surface area contributed by atoms with E-state index in [4.69, 9.17) is 11.6 Å². The number of aryl methyl sites for hydroxylation is 1. The van der Waals surface area contributed by atoms with E-state index >= 15 is 0 Å². The van der Waals surface area contributed by atoms with E-state index < -0.39 is 0 Å². The molecule has 1 aromatic rings. The molecule has 0 heterocycles. The highest BCUT2D eigenvalue weighted by atomic mass is 35.5. The lowest BCUT2D eigenvalue weighted by Crippen LogP contribution is -1.98. The molecule has 1 N–H and O–H groups in total. The van der Waals surface area contributed by atoms with Gasteiger partial charge in [0.1, 0.15) is 7.05 Å². The van der Waals surface area contributed by atoms with Gasteiger partial charge < -0.3 is 5.21 Å². The van der Waals surface area contributed by atoms with Crippen LogP contribution in [-0.2, 0) is 0 Å². The molecule has 0 radical (unpaired) electrons. The van der Waals surface area contributed by atoms with Crippen molar-refractivity contribution in [3.8, 4) is 0 Å². The predicted molar refractivity (Wildman–Crippen MR) is 51.8 cm³/mol. The lowest BCUT2D eigenvalue weighted by Gasteiger charge is -2.02. The Balaban J connectivity index is 2.94. The van der Waals surface area contributed by atoms with Crippen molar-refractivity contribution >= 4 is 17.3 Å². The smallest absolute Gasteiger partial charge is 0.168 e. The van der Waals surface area contributed by atoms with E-state index in [2.05, 4.69) is 10.6 Å². The zero-order valence-electron chi connectivity index (χ0n) is 7.41. The first-order chi connectivity index (χ1) is 6.11. The van der Waals surface area contributed by atoms with Gasteiger partial charge in [0.25, 0.3) is 0 Å². The van der Waals surface area contributed by atoms with Crippen molar-refractivity contribution in [3.05, 3.63) is 34.0 Å². The number of hydrogen-bond donors (Lipinski definition) is 1. The summed E-state index contributed by atoms with van der Waals surface area (Å²) in [4.78, 5) is 0.433. The minimum atomic E-state index is 0.433. The van der Waals surface area contributed by atoms with Gasteiger partial charge in [-0.05, 0) is 18.6 Å². The average Bonchev–Trinajstić information content (AvgIpc) is 2.03. The van der Waals surface area contributed by atoms with Crippen molar-refractivity contribution in [2.75, 3.05) is 12.5 Å². The number of hydroxylamine groups is 1. The molecule has 70 valence electrons. The van der Waals surface area contributed by atoms with Crippen molar-refractivity contribution in [1.29, 1.82) is 0 Å². The lowest BCUT2D eigenvalue weighted by atomic mass is 10.2. The van der Waals surface area contributed by atoms with Gasteiger partial charge in [-0.1, -0.05) is 23.7 Å². The fourth-order valence-corrected chi connectivity index (χ4v) is 1.16. The van der Waals surface area contributed by atoms with E-state index in [0.29, 0.717) is 15.6 Å². The van der Waals surface area contributed by atoms with Gasteiger partial charge in [0.15, 0.2) is 5.69 Å². The summed E-state index contributed by atoms with van der Waals surface area (Å²) in [7, 11) is 1.29. The van der Waals surface area contributed by atoms with E-state index in [1.165, 1.54) is 7.05 Å². The highest BCUT2D eigenvalue weighted by Crippen LogP contribution is 2.24. The van der Waals surface area contributed by atoms with E-state index in [0.717, 1.165) is 5.56 Å². The second-order valence-electron chi connectivity index (χ2n) is 2.61. The molecule has 5 heteroatoms. The molecule has 0 aliphatic rings. The van der Waals surface area contributed by atoms with Gasteiger partial charge in [0, 0.05) is 0 Å². The van der Waals surface area contributed by atoms with E-state index in [9.17, 15) is 5.21 Å². The summed E-state index contributed by atoms with van der Waals surface area (Å²) in [6.45, 7) is 1.88. The van der Waals surface area contributed by atoms with Crippen LogP contribution in [0.3, 0.4) is 0 Å². The van der Waals surface area contributed by atoms with Crippen molar-refractivity contribution < 1.29 is 4.86 Å². The van der Waals surface area contributed by atoms with Crippen LogP contribution in [0.2, 0.25) is 5.02 Å². The normalized spacial score (nSPS) is 11.5. The Morgan fingerprint density at radius 3 is 2.77 bits per heavy atom. The molecular weight excluding hydrogens is 190 g/mol. The SMILES string of the molecule is Cc1cccc(Cl)c1N/N=[N+](/C)[O-]. The maximum absolute atomic E-state index is 10.5. The standard InChI is InChI=1S/C8H10ClN3O/c1-6-4-3-5-7(9)8(6)10-11-12(2)13/h3-5,10H,1-2H3/b12-11-. The number of nitrogens with one attached hydrogen (secondary N) is 1. The predicted octanol–water partition coefficient (Wildman–Crippen LogP) is 2.57. The molecule has 0 aliphatic heterocycles. The first-order valence-electron chi connectivity index (χ1n) is 3.74. The topological polar surface area (TPSA) is 50.5 Å². The molecule has 0 spiro atoms. The quantitative estimate of drug-likeness (QED) is 0.452. The van der Waals surface area contributed by atoms with Crippen molar-refractivity contribution in [2.24, 2.45) is 5.22 Å². The van der Waals surface area contributed by atoms with E-state index in [-0.39, 0.29) is 0 Å². The maximum Gasteiger partial charge on any atom is 0.168 e. The van der Waals surface area contributed by atoms with Gasteiger partial charge in [0.2, 0.25) is 0 Å². The van der Waals surface area contributed by atoms with Crippen LogP contribution in [0.1, 0.15) is 5.56 Å². The van der Waals surface area contributed by atoms with Crippen LogP contribution in [0.4, 0.5) is 5.69 Å². The van der Waals surface area contributed by atoms with Crippen LogP contribution in [0.15, 0.2) is 23.4 Å². The Morgan fingerprint density at radius 2 is 2.23 bits per heavy atom. The monoisotopic (exact) mass is 199 g/mol. The van der Waals surface area contributed by atoms with Gasteiger partial charge in [-0.3, -0.25) is 0 Å². The van der Waals surface area contributed by atoms with Gasteiger partial charge in [0.05, 0.1) is 10.2 Å². The number of halogens is 1. The second-order valence-corrected chi connectivity index (χ2v) is 3.01. The largest absolute Gasteiger partial charge is 0.696 e. The van der Waals surface area contributed by atoms with Crippen LogP contribution < -0.4 is 5.43 Å². The highest BCUT2D eigenvalue weighted by molar-refractivity contribution is 6.33.